The van der Waals surface area contributed by atoms with Crippen molar-refractivity contribution in [2.24, 2.45) is 0 Å². The van der Waals surface area contributed by atoms with Gasteiger partial charge in [-0.2, -0.15) is 0 Å². The summed E-state index contributed by atoms with van der Waals surface area (Å²) in [6, 6.07) is 74.0. The number of benzene rings is 10. The lowest BCUT2D eigenvalue weighted by Gasteiger charge is -2.42. The lowest BCUT2D eigenvalue weighted by Crippen LogP contribution is -2.60. The van der Waals surface area contributed by atoms with Crippen LogP contribution >= 0.6 is 11.3 Å². The van der Waals surface area contributed by atoms with Crippen molar-refractivity contribution < 1.29 is 4.42 Å². The molecule has 0 N–H and O–H groups in total. The highest BCUT2D eigenvalue weighted by atomic mass is 32.1. The number of nitrogens with zero attached hydrogens (tertiary/aromatic N) is 2. The second kappa shape index (κ2) is 16.2. The van der Waals surface area contributed by atoms with E-state index in [1.54, 1.807) is 0 Å². The predicted octanol–water partition coefficient (Wildman–Crippen LogP) is 18.6. The van der Waals surface area contributed by atoms with E-state index in [4.69, 9.17) is 4.42 Å². The Hall–Kier alpha value is -8.12. The Bertz CT molecular complexity index is 4570. The Balaban J connectivity index is 1.18. The molecule has 0 amide bonds. The van der Waals surface area contributed by atoms with Crippen molar-refractivity contribution in [3.05, 3.63) is 211 Å². The number of hydrogen-bond acceptors (Lipinski definition) is 3. The number of thiophene rings is 1. The zero-order chi connectivity index (χ0) is 52.4. The minimum Gasteiger partial charge on any atom is -0.455 e. The molecule has 0 fully saturated rings. The van der Waals surface area contributed by atoms with E-state index in [1.165, 1.54) is 120 Å². The van der Waals surface area contributed by atoms with Gasteiger partial charge in [-0.15, -0.1) is 11.3 Å². The van der Waals surface area contributed by atoms with Crippen molar-refractivity contribution in [3.63, 3.8) is 0 Å². The average molecular weight is 1010 g/mol. The van der Waals surface area contributed by atoms with Crippen LogP contribution in [0.25, 0.3) is 103 Å². The van der Waals surface area contributed by atoms with Crippen LogP contribution in [0, 0.1) is 0 Å². The van der Waals surface area contributed by atoms with E-state index in [9.17, 15) is 0 Å². The van der Waals surface area contributed by atoms with Crippen LogP contribution in [0.2, 0.25) is 0 Å². The summed E-state index contributed by atoms with van der Waals surface area (Å²) in [5.41, 5.74) is 23.7. The minimum atomic E-state index is -0.134. The highest BCUT2D eigenvalue weighted by molar-refractivity contribution is 7.26. The molecule has 2 aliphatic rings. The maximum absolute atomic E-state index is 6.98. The number of fused-ring (bicyclic) bond motifs is 13. The summed E-state index contributed by atoms with van der Waals surface area (Å²) in [5.74, 6) is 0. The molecule has 0 radical (unpaired) electrons. The molecule has 0 spiro atoms. The molecule has 5 heterocycles. The standard InChI is InChI=1S/C72H59BN2OS/c1-70(2,3)45-31-32-59-54(35-45)56-38-47(72(7,8)9)39-58-68(56)74(59)61-33-44(48-27-20-28-51-49-25-16-18-29-63(49)76-69(48)51)34-62-66(61)73(58)57-41-65-55(50-26-17-19-30-64(50)77-65)40-60(57)75(62)67-52(42-21-12-10-13-22-42)36-46(71(4,5)6)37-53(67)43-23-14-11-15-24-43/h10-41H,1-9H3. The van der Waals surface area contributed by atoms with Crippen LogP contribution in [0.15, 0.2) is 199 Å². The molecule has 372 valence electrons. The van der Waals surface area contributed by atoms with Gasteiger partial charge in [-0.3, -0.25) is 0 Å². The summed E-state index contributed by atoms with van der Waals surface area (Å²) in [6.45, 7) is 21.1. The highest BCUT2D eigenvalue weighted by Crippen LogP contribution is 2.53. The van der Waals surface area contributed by atoms with Crippen LogP contribution in [-0.4, -0.2) is 11.3 Å². The molecule has 0 atom stereocenters. The molecular formula is C72H59BN2OS. The molecule has 0 unspecified atom stereocenters. The smallest absolute Gasteiger partial charge is 0.252 e. The van der Waals surface area contributed by atoms with Gasteiger partial charge in [-0.25, -0.2) is 0 Å². The lowest BCUT2D eigenvalue weighted by atomic mass is 9.33. The number of aromatic nitrogens is 1. The molecule has 10 aromatic carbocycles. The second-order valence-electron chi connectivity index (χ2n) is 24.9. The van der Waals surface area contributed by atoms with Crippen molar-refractivity contribution in [1.82, 2.24) is 4.57 Å². The van der Waals surface area contributed by atoms with E-state index in [1.807, 2.05) is 11.3 Å². The first-order valence-corrected chi connectivity index (χ1v) is 28.2. The van der Waals surface area contributed by atoms with Crippen molar-refractivity contribution in [2.75, 3.05) is 4.90 Å². The minimum absolute atomic E-state index is 0.0350. The fourth-order valence-electron chi connectivity index (χ4n) is 13.0. The Kier molecular flexibility index (Phi) is 9.73. The van der Waals surface area contributed by atoms with Crippen molar-refractivity contribution in [2.45, 2.75) is 78.6 Å². The molecule has 5 heteroatoms. The van der Waals surface area contributed by atoms with E-state index < -0.39 is 0 Å². The predicted molar refractivity (Wildman–Crippen MR) is 333 cm³/mol. The molecule has 0 bridgehead atoms. The van der Waals surface area contributed by atoms with E-state index in [0.717, 1.165) is 33.1 Å². The third-order valence-electron chi connectivity index (χ3n) is 17.0. The lowest BCUT2D eigenvalue weighted by molar-refractivity contribution is 0.590. The van der Waals surface area contributed by atoms with Gasteiger partial charge in [-0.05, 0) is 133 Å². The van der Waals surface area contributed by atoms with Gasteiger partial charge in [0, 0.05) is 81.0 Å². The van der Waals surface area contributed by atoms with Crippen molar-refractivity contribution >= 4 is 115 Å². The van der Waals surface area contributed by atoms with Crippen LogP contribution < -0.4 is 21.3 Å². The maximum Gasteiger partial charge on any atom is 0.252 e. The fourth-order valence-corrected chi connectivity index (χ4v) is 14.1. The maximum atomic E-state index is 6.98. The van der Waals surface area contributed by atoms with Crippen molar-refractivity contribution in [3.8, 4) is 39.1 Å². The van der Waals surface area contributed by atoms with Gasteiger partial charge in [0.2, 0.25) is 0 Å². The summed E-state index contributed by atoms with van der Waals surface area (Å²) >= 11 is 1.91. The Morgan fingerprint density at radius 1 is 0.403 bits per heavy atom. The Morgan fingerprint density at radius 2 is 1.01 bits per heavy atom. The molecule has 0 saturated carbocycles. The molecule has 13 aromatic rings. The first kappa shape index (κ1) is 46.2. The zero-order valence-electron chi connectivity index (χ0n) is 45.3. The van der Waals surface area contributed by atoms with Gasteiger partial charge < -0.3 is 13.9 Å². The molecule has 0 aliphatic carbocycles. The summed E-state index contributed by atoms with van der Waals surface area (Å²) < 4.78 is 12.2. The van der Waals surface area contributed by atoms with Gasteiger partial charge in [0.25, 0.3) is 6.71 Å². The van der Waals surface area contributed by atoms with Gasteiger partial charge >= 0.3 is 0 Å². The Labute approximate surface area is 455 Å². The first-order chi connectivity index (χ1) is 37.1. The monoisotopic (exact) mass is 1010 g/mol. The van der Waals surface area contributed by atoms with Gasteiger partial charge in [0.15, 0.2) is 0 Å². The van der Waals surface area contributed by atoms with Gasteiger partial charge in [0.05, 0.1) is 11.2 Å². The third-order valence-corrected chi connectivity index (χ3v) is 18.1. The molecule has 77 heavy (non-hydrogen) atoms. The molecule has 2 aliphatic heterocycles. The summed E-state index contributed by atoms with van der Waals surface area (Å²) in [6.07, 6.45) is 0. The van der Waals surface area contributed by atoms with Crippen LogP contribution in [0.1, 0.15) is 79.0 Å². The van der Waals surface area contributed by atoms with E-state index >= 15 is 0 Å². The van der Waals surface area contributed by atoms with Crippen LogP contribution in [0.4, 0.5) is 17.1 Å². The number of rotatable bonds is 4. The molecule has 0 saturated heterocycles. The second-order valence-corrected chi connectivity index (χ2v) is 26.0. The molecule has 3 aromatic heterocycles. The number of hydrogen-bond donors (Lipinski definition) is 0. The highest BCUT2D eigenvalue weighted by Gasteiger charge is 2.45. The summed E-state index contributed by atoms with van der Waals surface area (Å²) in [4.78, 5) is 2.70. The quantitative estimate of drug-likeness (QED) is 0.164. The largest absolute Gasteiger partial charge is 0.455 e. The molecular weight excluding hydrogens is 952 g/mol. The van der Waals surface area contributed by atoms with E-state index in [-0.39, 0.29) is 23.0 Å². The van der Waals surface area contributed by atoms with Crippen LogP contribution in [-0.2, 0) is 16.2 Å². The average Bonchev–Trinajstić information content (AvgIpc) is 4.35. The zero-order valence-corrected chi connectivity index (χ0v) is 46.1. The number of anilines is 3. The van der Waals surface area contributed by atoms with E-state index in [0.29, 0.717) is 0 Å². The number of furan rings is 1. The van der Waals surface area contributed by atoms with Crippen LogP contribution in [0.3, 0.4) is 0 Å². The Morgan fingerprint density at radius 3 is 1.71 bits per heavy atom. The van der Waals surface area contributed by atoms with Crippen LogP contribution in [0.5, 0.6) is 0 Å². The fraction of sp³-hybridized carbons (Fsp3) is 0.167. The first-order valence-electron chi connectivity index (χ1n) is 27.4. The molecule has 15 rings (SSSR count). The third kappa shape index (κ3) is 6.88. The molecule has 3 nitrogen and oxygen atoms in total. The van der Waals surface area contributed by atoms with E-state index in [2.05, 4.69) is 266 Å². The number of para-hydroxylation sites is 2. The van der Waals surface area contributed by atoms with Gasteiger partial charge in [-0.1, -0.05) is 190 Å². The summed E-state index contributed by atoms with van der Waals surface area (Å²) in [5, 5.41) is 7.43. The SMILES string of the molecule is CC(C)(C)c1cc(-c2ccccc2)c(N2c3cc4c(cc3B3c5c2cc(-c2cccc6c2oc2ccccc26)cc5-n2c5ccc(C(C)(C)C)cc5c5cc(C(C)(C)C)cc3c52)sc2ccccc24)c(-c2ccccc2)c1. The normalized spacial score (nSPS) is 13.5. The van der Waals surface area contributed by atoms with Gasteiger partial charge in [0.1, 0.15) is 11.2 Å². The topological polar surface area (TPSA) is 21.3 Å². The van der Waals surface area contributed by atoms with Crippen molar-refractivity contribution in [1.29, 1.82) is 0 Å². The summed E-state index contributed by atoms with van der Waals surface area (Å²) in [7, 11) is 0.